The minimum Gasteiger partial charge on any atom is -0.192 e. The molecule has 2 rings (SSSR count). The van der Waals surface area contributed by atoms with Gasteiger partial charge in [0.15, 0.2) is 0 Å². The summed E-state index contributed by atoms with van der Waals surface area (Å²) in [5, 5.41) is 11.6. The Labute approximate surface area is 96.3 Å². The van der Waals surface area contributed by atoms with Gasteiger partial charge in [0, 0.05) is 0 Å². The molecule has 80 valence electrons. The van der Waals surface area contributed by atoms with Crippen LogP contribution < -0.4 is 0 Å². The van der Waals surface area contributed by atoms with Gasteiger partial charge in [0.25, 0.3) is 0 Å². The molecule has 16 heavy (non-hydrogen) atoms. The van der Waals surface area contributed by atoms with Crippen LogP contribution in [0.2, 0.25) is 0 Å². The van der Waals surface area contributed by atoms with Gasteiger partial charge in [-0.3, -0.25) is 0 Å². The number of nitrogens with zero attached hydrogens (tertiary/aromatic N) is 1. The fourth-order valence-corrected chi connectivity index (χ4v) is 2.06. The second-order valence-electron chi connectivity index (χ2n) is 4.03. The summed E-state index contributed by atoms with van der Waals surface area (Å²) in [6, 6.07) is 14.6. The van der Waals surface area contributed by atoms with Gasteiger partial charge < -0.3 is 0 Å². The molecule has 2 aromatic rings. The third kappa shape index (κ3) is 1.92. The van der Waals surface area contributed by atoms with Gasteiger partial charge in [0.1, 0.15) is 0 Å². The lowest BCUT2D eigenvalue weighted by Crippen LogP contribution is -1.92. The SMILES string of the molecule is CCCCc1c(C#N)ccc2ccccc12. The van der Waals surface area contributed by atoms with Crippen molar-refractivity contribution in [3.8, 4) is 6.07 Å². The van der Waals surface area contributed by atoms with Crippen molar-refractivity contribution in [1.29, 1.82) is 5.26 Å². The summed E-state index contributed by atoms with van der Waals surface area (Å²) in [5.74, 6) is 0. The number of hydrogen-bond donors (Lipinski definition) is 0. The maximum Gasteiger partial charge on any atom is 0.0994 e. The highest BCUT2D eigenvalue weighted by atomic mass is 14.2. The Morgan fingerprint density at radius 1 is 1.12 bits per heavy atom. The normalized spacial score (nSPS) is 10.2. The summed E-state index contributed by atoms with van der Waals surface area (Å²) in [6.45, 7) is 2.18. The van der Waals surface area contributed by atoms with Crippen LogP contribution in [-0.4, -0.2) is 0 Å². The third-order valence-electron chi connectivity index (χ3n) is 2.94. The molecule has 1 heteroatoms. The van der Waals surface area contributed by atoms with Crippen LogP contribution in [0, 0.1) is 11.3 Å². The zero-order chi connectivity index (χ0) is 11.4. The minimum absolute atomic E-state index is 0.826. The van der Waals surface area contributed by atoms with Crippen molar-refractivity contribution in [2.24, 2.45) is 0 Å². The van der Waals surface area contributed by atoms with Gasteiger partial charge >= 0.3 is 0 Å². The highest BCUT2D eigenvalue weighted by Crippen LogP contribution is 2.23. The van der Waals surface area contributed by atoms with Crippen LogP contribution >= 0.6 is 0 Å². The molecule has 0 spiro atoms. The molecule has 0 aromatic heterocycles. The van der Waals surface area contributed by atoms with E-state index >= 15 is 0 Å². The number of fused-ring (bicyclic) bond motifs is 1. The van der Waals surface area contributed by atoms with Crippen molar-refractivity contribution >= 4 is 10.8 Å². The van der Waals surface area contributed by atoms with Crippen LogP contribution in [0.5, 0.6) is 0 Å². The second kappa shape index (κ2) is 4.81. The maximum atomic E-state index is 9.13. The van der Waals surface area contributed by atoms with Crippen molar-refractivity contribution in [2.75, 3.05) is 0 Å². The first-order valence-electron chi connectivity index (χ1n) is 5.77. The minimum atomic E-state index is 0.826. The second-order valence-corrected chi connectivity index (χ2v) is 4.03. The summed E-state index contributed by atoms with van der Waals surface area (Å²) in [5.41, 5.74) is 2.04. The zero-order valence-corrected chi connectivity index (χ0v) is 9.53. The first-order chi connectivity index (χ1) is 7.86. The van der Waals surface area contributed by atoms with Gasteiger partial charge in [-0.2, -0.15) is 5.26 Å². The molecule has 0 N–H and O–H groups in total. The van der Waals surface area contributed by atoms with Crippen molar-refractivity contribution in [3.05, 3.63) is 47.5 Å². The molecule has 0 aliphatic rings. The summed E-state index contributed by atoms with van der Waals surface area (Å²) in [4.78, 5) is 0. The molecular weight excluding hydrogens is 194 g/mol. The van der Waals surface area contributed by atoms with Crippen LogP contribution in [0.25, 0.3) is 10.8 Å². The first-order valence-corrected chi connectivity index (χ1v) is 5.77. The highest BCUT2D eigenvalue weighted by Gasteiger charge is 2.06. The molecule has 0 heterocycles. The van der Waals surface area contributed by atoms with Gasteiger partial charge in [-0.25, -0.2) is 0 Å². The molecule has 1 nitrogen and oxygen atoms in total. The van der Waals surface area contributed by atoms with Crippen LogP contribution in [0.4, 0.5) is 0 Å². The number of nitriles is 1. The maximum absolute atomic E-state index is 9.13. The standard InChI is InChI=1S/C15H15N/c1-2-3-7-15-13(11-16)10-9-12-6-4-5-8-14(12)15/h4-6,8-10H,2-3,7H2,1H3. The van der Waals surface area contributed by atoms with E-state index in [2.05, 4.69) is 25.1 Å². The van der Waals surface area contributed by atoms with Gasteiger partial charge in [0.05, 0.1) is 11.6 Å². The van der Waals surface area contributed by atoms with Crippen LogP contribution in [0.1, 0.15) is 30.9 Å². The van der Waals surface area contributed by atoms with Crippen molar-refractivity contribution in [3.63, 3.8) is 0 Å². The topological polar surface area (TPSA) is 23.8 Å². The zero-order valence-electron chi connectivity index (χ0n) is 9.53. The Balaban J connectivity index is 2.60. The molecule has 0 atom stereocenters. The smallest absolute Gasteiger partial charge is 0.0994 e. The monoisotopic (exact) mass is 209 g/mol. The lowest BCUT2D eigenvalue weighted by atomic mass is 9.96. The average Bonchev–Trinajstić information content (AvgIpc) is 2.35. The van der Waals surface area contributed by atoms with Crippen LogP contribution in [-0.2, 0) is 6.42 Å². The third-order valence-corrected chi connectivity index (χ3v) is 2.94. The highest BCUT2D eigenvalue weighted by molar-refractivity contribution is 5.87. The Kier molecular flexibility index (Phi) is 3.22. The van der Waals surface area contributed by atoms with E-state index in [-0.39, 0.29) is 0 Å². The Bertz CT molecular complexity index is 535. The summed E-state index contributed by atoms with van der Waals surface area (Å²) >= 11 is 0. The number of aryl methyl sites for hydroxylation is 1. The summed E-state index contributed by atoms with van der Waals surface area (Å²) in [7, 11) is 0. The van der Waals surface area contributed by atoms with Crippen molar-refractivity contribution in [1.82, 2.24) is 0 Å². The number of hydrogen-bond acceptors (Lipinski definition) is 1. The van der Waals surface area contributed by atoms with Crippen molar-refractivity contribution < 1.29 is 0 Å². The average molecular weight is 209 g/mol. The fourth-order valence-electron chi connectivity index (χ4n) is 2.06. The van der Waals surface area contributed by atoms with Crippen LogP contribution in [0.3, 0.4) is 0 Å². The Morgan fingerprint density at radius 3 is 2.69 bits per heavy atom. The van der Waals surface area contributed by atoms with E-state index in [0.717, 1.165) is 24.8 Å². The van der Waals surface area contributed by atoms with Gasteiger partial charge in [-0.05, 0) is 35.2 Å². The van der Waals surface area contributed by atoms with Gasteiger partial charge in [-0.15, -0.1) is 0 Å². The molecule has 0 aliphatic heterocycles. The molecular formula is C15H15N. The molecule has 0 saturated heterocycles. The van der Waals surface area contributed by atoms with E-state index in [4.69, 9.17) is 5.26 Å². The molecule has 0 bridgehead atoms. The molecule has 0 fully saturated rings. The molecule has 0 saturated carbocycles. The lowest BCUT2D eigenvalue weighted by Gasteiger charge is -2.08. The fraction of sp³-hybridized carbons (Fsp3) is 0.267. The van der Waals surface area contributed by atoms with E-state index in [1.807, 2.05) is 24.3 Å². The number of rotatable bonds is 3. The van der Waals surface area contributed by atoms with E-state index < -0.39 is 0 Å². The molecule has 0 radical (unpaired) electrons. The number of unbranched alkanes of at least 4 members (excludes halogenated alkanes) is 1. The predicted octanol–water partition coefficient (Wildman–Crippen LogP) is 4.05. The van der Waals surface area contributed by atoms with Crippen molar-refractivity contribution in [2.45, 2.75) is 26.2 Å². The summed E-state index contributed by atoms with van der Waals surface area (Å²) < 4.78 is 0. The van der Waals surface area contributed by atoms with E-state index in [1.54, 1.807) is 0 Å². The Hall–Kier alpha value is -1.81. The largest absolute Gasteiger partial charge is 0.192 e. The van der Waals surface area contributed by atoms with Gasteiger partial charge in [0.2, 0.25) is 0 Å². The predicted molar refractivity (Wildman–Crippen MR) is 67.3 cm³/mol. The van der Waals surface area contributed by atoms with E-state index in [1.165, 1.54) is 16.3 Å². The summed E-state index contributed by atoms with van der Waals surface area (Å²) in [6.07, 6.45) is 3.30. The molecule has 2 aromatic carbocycles. The van der Waals surface area contributed by atoms with E-state index in [9.17, 15) is 0 Å². The molecule has 0 unspecified atom stereocenters. The first kappa shape index (κ1) is 10.7. The van der Waals surface area contributed by atoms with Gasteiger partial charge in [-0.1, -0.05) is 43.7 Å². The van der Waals surface area contributed by atoms with Crippen LogP contribution in [0.15, 0.2) is 36.4 Å². The van der Waals surface area contributed by atoms with E-state index in [0.29, 0.717) is 0 Å². The quantitative estimate of drug-likeness (QED) is 0.748. The number of benzene rings is 2. The lowest BCUT2D eigenvalue weighted by molar-refractivity contribution is 0.797. The molecule has 0 amide bonds. The molecule has 0 aliphatic carbocycles. The Morgan fingerprint density at radius 2 is 1.94 bits per heavy atom.